The second-order valence-corrected chi connectivity index (χ2v) is 3.99. The zero-order chi connectivity index (χ0) is 13.8. The third-order valence-electron chi connectivity index (χ3n) is 2.25. The molecule has 0 bridgehead atoms. The first-order valence-electron chi connectivity index (χ1n) is 5.97. The van der Waals surface area contributed by atoms with Gasteiger partial charge in [0.25, 0.3) is 0 Å². The van der Waals surface area contributed by atoms with Gasteiger partial charge in [0.15, 0.2) is 0 Å². The molecule has 0 aliphatic rings. The summed E-state index contributed by atoms with van der Waals surface area (Å²) in [6.07, 6.45) is 3.73. The van der Waals surface area contributed by atoms with Gasteiger partial charge in [0.2, 0.25) is 0 Å². The van der Waals surface area contributed by atoms with Gasteiger partial charge < -0.3 is 9.47 Å². The van der Waals surface area contributed by atoms with Crippen LogP contribution in [0, 0.1) is 0 Å². The maximum Gasteiger partial charge on any atom is 0.337 e. The maximum absolute atomic E-state index is 11.0. The molecule has 0 heterocycles. The summed E-state index contributed by atoms with van der Waals surface area (Å²) in [7, 11) is 2.93. The number of rotatable bonds is 5. The van der Waals surface area contributed by atoms with E-state index in [0.29, 0.717) is 5.56 Å². The first-order chi connectivity index (χ1) is 8.69. The molecule has 3 nitrogen and oxygen atoms in total. The molecular formula is C14H21ClO3. The van der Waals surface area contributed by atoms with Crippen LogP contribution >= 0.6 is 11.6 Å². The minimum absolute atomic E-state index is 0.336. The van der Waals surface area contributed by atoms with E-state index < -0.39 is 0 Å². The molecule has 0 saturated heterocycles. The zero-order valence-corrected chi connectivity index (χ0v) is 12.0. The van der Waals surface area contributed by atoms with E-state index in [-0.39, 0.29) is 5.97 Å². The quantitative estimate of drug-likeness (QED) is 0.463. The summed E-state index contributed by atoms with van der Waals surface area (Å²) in [4.78, 5) is 11.0. The summed E-state index contributed by atoms with van der Waals surface area (Å²) in [6.45, 7) is 2.17. The van der Waals surface area contributed by atoms with Gasteiger partial charge in [-0.2, -0.15) is 0 Å². The van der Waals surface area contributed by atoms with Gasteiger partial charge >= 0.3 is 5.97 Å². The number of carbonyl (C=O) groups is 1. The average Bonchev–Trinajstić information content (AvgIpc) is 2.45. The number of carbonyl (C=O) groups excluding carboxylic acids is 1. The van der Waals surface area contributed by atoms with E-state index in [2.05, 4.69) is 11.7 Å². The second-order valence-electron chi connectivity index (χ2n) is 3.62. The lowest BCUT2D eigenvalue weighted by molar-refractivity contribution is 0.0600. The highest BCUT2D eigenvalue weighted by molar-refractivity contribution is 6.17. The average molecular weight is 273 g/mol. The Morgan fingerprint density at radius 2 is 1.78 bits per heavy atom. The first-order valence-corrected chi connectivity index (χ1v) is 6.51. The van der Waals surface area contributed by atoms with Gasteiger partial charge in [0.1, 0.15) is 5.75 Å². The van der Waals surface area contributed by atoms with Gasteiger partial charge in [-0.15, -0.1) is 11.6 Å². The van der Waals surface area contributed by atoms with Crippen LogP contribution in [0.1, 0.15) is 36.5 Å². The monoisotopic (exact) mass is 272 g/mol. The van der Waals surface area contributed by atoms with Crippen molar-refractivity contribution in [3.8, 4) is 5.75 Å². The smallest absolute Gasteiger partial charge is 0.337 e. The zero-order valence-electron chi connectivity index (χ0n) is 11.2. The number of ether oxygens (including phenoxy) is 2. The van der Waals surface area contributed by atoms with E-state index in [9.17, 15) is 4.79 Å². The number of halogens is 1. The Morgan fingerprint density at radius 1 is 1.17 bits per heavy atom. The summed E-state index contributed by atoms with van der Waals surface area (Å²) in [5.74, 6) is 1.22. The van der Waals surface area contributed by atoms with Gasteiger partial charge in [-0.05, 0) is 30.7 Å². The molecule has 1 rings (SSSR count). The van der Waals surface area contributed by atoms with Crippen LogP contribution in [0.3, 0.4) is 0 Å². The van der Waals surface area contributed by atoms with Crippen molar-refractivity contribution in [2.45, 2.75) is 26.2 Å². The Kier molecular flexibility index (Phi) is 10.2. The van der Waals surface area contributed by atoms with Crippen molar-refractivity contribution in [1.29, 1.82) is 0 Å². The molecule has 0 saturated carbocycles. The highest BCUT2D eigenvalue weighted by Gasteiger charge is 2.03. The standard InChI is InChI=1S/C9H10O3.C5H11Cl/c1-11-8-5-3-7(4-6-8)9(10)12-2;1-2-3-4-5-6/h3-6H,1-2H3;2-5H2,1H3. The molecule has 0 aliphatic heterocycles. The highest BCUT2D eigenvalue weighted by Crippen LogP contribution is 2.11. The SMILES string of the molecule is CCCCCCl.COC(=O)c1ccc(OC)cc1. The molecule has 1 aromatic rings. The van der Waals surface area contributed by atoms with E-state index >= 15 is 0 Å². The number of esters is 1. The summed E-state index contributed by atoms with van der Waals surface area (Å²) < 4.78 is 9.46. The summed E-state index contributed by atoms with van der Waals surface area (Å²) in [6, 6.07) is 6.74. The van der Waals surface area contributed by atoms with Gasteiger partial charge in [0, 0.05) is 5.88 Å². The predicted octanol–water partition coefficient (Wildman–Crippen LogP) is 3.90. The highest BCUT2D eigenvalue weighted by atomic mass is 35.5. The Morgan fingerprint density at radius 3 is 2.11 bits per heavy atom. The summed E-state index contributed by atoms with van der Waals surface area (Å²) >= 11 is 5.38. The number of hydrogen-bond acceptors (Lipinski definition) is 3. The molecule has 1 aromatic carbocycles. The Labute approximate surface area is 114 Å². The van der Waals surface area contributed by atoms with Gasteiger partial charge in [0.05, 0.1) is 19.8 Å². The van der Waals surface area contributed by atoms with E-state index in [4.69, 9.17) is 16.3 Å². The van der Waals surface area contributed by atoms with Crippen LogP contribution in [0.4, 0.5) is 0 Å². The van der Waals surface area contributed by atoms with Crippen LogP contribution in [-0.2, 0) is 4.74 Å². The fourth-order valence-electron chi connectivity index (χ4n) is 1.19. The van der Waals surface area contributed by atoms with Crippen molar-refractivity contribution in [2.75, 3.05) is 20.1 Å². The molecule has 4 heteroatoms. The Bertz CT molecular complexity index is 318. The molecule has 0 N–H and O–H groups in total. The Hall–Kier alpha value is -1.22. The van der Waals surface area contributed by atoms with E-state index in [1.165, 1.54) is 26.4 Å². The van der Waals surface area contributed by atoms with E-state index in [0.717, 1.165) is 11.6 Å². The van der Waals surface area contributed by atoms with E-state index in [1.54, 1.807) is 31.4 Å². The fourth-order valence-corrected chi connectivity index (χ4v) is 1.38. The third kappa shape index (κ3) is 7.17. The van der Waals surface area contributed by atoms with Gasteiger partial charge in [-0.1, -0.05) is 19.8 Å². The second kappa shape index (κ2) is 10.9. The molecule has 0 unspecified atom stereocenters. The van der Waals surface area contributed by atoms with Crippen LogP contribution < -0.4 is 4.74 Å². The number of alkyl halides is 1. The van der Waals surface area contributed by atoms with Crippen molar-refractivity contribution >= 4 is 17.6 Å². The topological polar surface area (TPSA) is 35.5 Å². The number of methoxy groups -OCH3 is 2. The molecule has 0 radical (unpaired) electrons. The third-order valence-corrected chi connectivity index (χ3v) is 2.52. The van der Waals surface area contributed by atoms with Crippen molar-refractivity contribution in [1.82, 2.24) is 0 Å². The van der Waals surface area contributed by atoms with Crippen LogP contribution in [0.15, 0.2) is 24.3 Å². The molecule has 0 fully saturated rings. The van der Waals surface area contributed by atoms with Crippen LogP contribution in [-0.4, -0.2) is 26.1 Å². The number of unbranched alkanes of at least 4 members (excludes halogenated alkanes) is 2. The minimum atomic E-state index is -0.336. The summed E-state index contributed by atoms with van der Waals surface area (Å²) in [5, 5.41) is 0. The Balaban J connectivity index is 0.000000411. The van der Waals surface area contributed by atoms with Crippen LogP contribution in [0.25, 0.3) is 0 Å². The van der Waals surface area contributed by atoms with Gasteiger partial charge in [-0.25, -0.2) is 4.79 Å². The lowest BCUT2D eigenvalue weighted by atomic mass is 10.2. The molecule has 0 aromatic heterocycles. The van der Waals surface area contributed by atoms with Gasteiger partial charge in [-0.3, -0.25) is 0 Å². The largest absolute Gasteiger partial charge is 0.497 e. The molecule has 0 amide bonds. The summed E-state index contributed by atoms with van der Waals surface area (Å²) in [5.41, 5.74) is 0.526. The van der Waals surface area contributed by atoms with Crippen molar-refractivity contribution in [3.05, 3.63) is 29.8 Å². The maximum atomic E-state index is 11.0. The predicted molar refractivity (Wildman–Crippen MR) is 74.6 cm³/mol. The first kappa shape index (κ1) is 16.8. The molecule has 102 valence electrons. The lowest BCUT2D eigenvalue weighted by Crippen LogP contribution is -2.00. The number of benzene rings is 1. The molecule has 18 heavy (non-hydrogen) atoms. The molecule has 0 spiro atoms. The number of hydrogen-bond donors (Lipinski definition) is 0. The lowest BCUT2D eigenvalue weighted by Gasteiger charge is -2.00. The van der Waals surface area contributed by atoms with Crippen molar-refractivity contribution in [3.63, 3.8) is 0 Å². The van der Waals surface area contributed by atoms with E-state index in [1.807, 2.05) is 0 Å². The van der Waals surface area contributed by atoms with Crippen LogP contribution in [0.2, 0.25) is 0 Å². The normalized spacial score (nSPS) is 9.11. The van der Waals surface area contributed by atoms with Crippen LogP contribution in [0.5, 0.6) is 5.75 Å². The van der Waals surface area contributed by atoms with Crippen molar-refractivity contribution < 1.29 is 14.3 Å². The molecule has 0 aliphatic carbocycles. The fraction of sp³-hybridized carbons (Fsp3) is 0.500. The molecule has 0 atom stereocenters. The molecular weight excluding hydrogens is 252 g/mol. The van der Waals surface area contributed by atoms with Crippen molar-refractivity contribution in [2.24, 2.45) is 0 Å². The minimum Gasteiger partial charge on any atom is -0.497 e.